The Bertz CT molecular complexity index is 814. The van der Waals surface area contributed by atoms with E-state index in [0.29, 0.717) is 17.1 Å². The fraction of sp³-hybridized carbons (Fsp3) is 0.0625. The van der Waals surface area contributed by atoms with E-state index in [1.165, 1.54) is 31.4 Å². The van der Waals surface area contributed by atoms with E-state index in [1.54, 1.807) is 24.3 Å². The number of benzene rings is 2. The summed E-state index contributed by atoms with van der Waals surface area (Å²) in [5.41, 5.74) is 0.824. The minimum absolute atomic E-state index is 0.0695. The van der Waals surface area contributed by atoms with Crippen molar-refractivity contribution in [2.45, 2.75) is 4.90 Å². The van der Waals surface area contributed by atoms with Crippen molar-refractivity contribution in [3.63, 3.8) is 0 Å². The normalized spacial score (nSPS) is 10.7. The van der Waals surface area contributed by atoms with E-state index >= 15 is 0 Å². The van der Waals surface area contributed by atoms with Gasteiger partial charge in [-0.15, -0.1) is 0 Å². The zero-order chi connectivity index (χ0) is 16.9. The molecule has 2 aromatic carbocycles. The fourth-order valence-corrected chi connectivity index (χ4v) is 2.91. The number of hydrogen-bond donors (Lipinski definition) is 2. The highest BCUT2D eigenvalue weighted by atomic mass is 32.2. The van der Waals surface area contributed by atoms with Gasteiger partial charge < -0.3 is 10.1 Å². The van der Waals surface area contributed by atoms with Crippen molar-refractivity contribution in [1.82, 2.24) is 0 Å². The second-order valence-electron chi connectivity index (χ2n) is 4.52. The van der Waals surface area contributed by atoms with Gasteiger partial charge in [0.05, 0.1) is 17.7 Å². The summed E-state index contributed by atoms with van der Waals surface area (Å²) in [7, 11) is -2.30. The molecule has 2 N–H and O–H groups in total. The van der Waals surface area contributed by atoms with Gasteiger partial charge in [0.2, 0.25) is 5.91 Å². The largest absolute Gasteiger partial charge is 0.495 e. The number of methoxy groups -OCH3 is 1. The second kappa shape index (κ2) is 6.97. The van der Waals surface area contributed by atoms with Crippen molar-refractivity contribution < 1.29 is 17.9 Å². The number of sulfonamides is 1. The van der Waals surface area contributed by atoms with E-state index in [9.17, 15) is 13.2 Å². The third-order valence-electron chi connectivity index (χ3n) is 2.97. The van der Waals surface area contributed by atoms with E-state index in [4.69, 9.17) is 4.74 Å². The van der Waals surface area contributed by atoms with Crippen LogP contribution in [0.15, 0.2) is 66.1 Å². The van der Waals surface area contributed by atoms with Crippen LogP contribution in [0.2, 0.25) is 0 Å². The molecule has 6 nitrogen and oxygen atoms in total. The first-order valence-electron chi connectivity index (χ1n) is 6.65. The molecule has 23 heavy (non-hydrogen) atoms. The Morgan fingerprint density at radius 2 is 1.78 bits per heavy atom. The summed E-state index contributed by atoms with van der Waals surface area (Å²) in [5, 5.41) is 2.55. The highest BCUT2D eigenvalue weighted by molar-refractivity contribution is 7.92. The summed E-state index contributed by atoms with van der Waals surface area (Å²) >= 11 is 0. The van der Waals surface area contributed by atoms with Crippen LogP contribution in [-0.2, 0) is 14.8 Å². The summed E-state index contributed by atoms with van der Waals surface area (Å²) in [6, 6.07) is 12.5. The van der Waals surface area contributed by atoms with Crippen molar-refractivity contribution in [2.75, 3.05) is 17.1 Å². The van der Waals surface area contributed by atoms with Crippen LogP contribution in [0.4, 0.5) is 11.4 Å². The predicted molar refractivity (Wildman–Crippen MR) is 89.1 cm³/mol. The van der Waals surface area contributed by atoms with Crippen LogP contribution in [0.1, 0.15) is 0 Å². The fourth-order valence-electron chi connectivity index (χ4n) is 1.84. The van der Waals surface area contributed by atoms with Crippen molar-refractivity contribution in [3.8, 4) is 5.75 Å². The number of ether oxygens (including phenoxy) is 1. The first-order valence-corrected chi connectivity index (χ1v) is 8.14. The number of carbonyl (C=O) groups is 1. The minimum Gasteiger partial charge on any atom is -0.495 e. The van der Waals surface area contributed by atoms with Crippen molar-refractivity contribution in [3.05, 3.63) is 61.2 Å². The Morgan fingerprint density at radius 3 is 2.39 bits per heavy atom. The number of rotatable bonds is 6. The lowest BCUT2D eigenvalue weighted by Gasteiger charge is -2.12. The van der Waals surface area contributed by atoms with Gasteiger partial charge in [0.1, 0.15) is 5.75 Å². The van der Waals surface area contributed by atoms with Crippen LogP contribution in [0.5, 0.6) is 5.75 Å². The molecule has 7 heteroatoms. The lowest BCUT2D eigenvalue weighted by atomic mass is 10.3. The smallest absolute Gasteiger partial charge is 0.262 e. The Kier molecular flexibility index (Phi) is 5.02. The molecule has 1 amide bonds. The van der Waals surface area contributed by atoms with Crippen LogP contribution in [0.25, 0.3) is 0 Å². The Balaban J connectivity index is 2.22. The topological polar surface area (TPSA) is 84.5 Å². The summed E-state index contributed by atoms with van der Waals surface area (Å²) in [4.78, 5) is 11.3. The zero-order valence-corrected chi connectivity index (χ0v) is 13.3. The van der Waals surface area contributed by atoms with Gasteiger partial charge in [-0.1, -0.05) is 18.7 Å². The van der Waals surface area contributed by atoms with Crippen LogP contribution in [0.3, 0.4) is 0 Å². The maximum Gasteiger partial charge on any atom is 0.262 e. The highest BCUT2D eigenvalue weighted by Crippen LogP contribution is 2.26. The molecule has 2 rings (SSSR count). The van der Waals surface area contributed by atoms with Crippen LogP contribution >= 0.6 is 0 Å². The van der Waals surface area contributed by atoms with Gasteiger partial charge in [0, 0.05) is 5.69 Å². The van der Waals surface area contributed by atoms with Gasteiger partial charge in [0.15, 0.2) is 0 Å². The summed E-state index contributed by atoms with van der Waals surface area (Å²) in [5.74, 6) is 0.0543. The maximum atomic E-state index is 12.4. The molecule has 0 radical (unpaired) electrons. The number of amides is 1. The van der Waals surface area contributed by atoms with Crippen molar-refractivity contribution in [1.29, 1.82) is 0 Å². The van der Waals surface area contributed by atoms with Gasteiger partial charge in [0.25, 0.3) is 10.0 Å². The molecule has 120 valence electrons. The molecule has 0 spiro atoms. The molecule has 0 aliphatic carbocycles. The Morgan fingerprint density at radius 1 is 1.13 bits per heavy atom. The first kappa shape index (κ1) is 16.6. The van der Waals surface area contributed by atoms with Crippen molar-refractivity contribution >= 4 is 27.3 Å². The molecule has 2 aromatic rings. The summed E-state index contributed by atoms with van der Waals surface area (Å²) in [6.07, 6.45) is 1.13. The predicted octanol–water partition coefficient (Wildman–Crippen LogP) is 2.62. The molecule has 0 fully saturated rings. The van der Waals surface area contributed by atoms with E-state index < -0.39 is 10.0 Å². The van der Waals surface area contributed by atoms with E-state index in [1.807, 2.05) is 0 Å². The molecule has 0 aliphatic heterocycles. The maximum absolute atomic E-state index is 12.4. The molecule has 0 heterocycles. The number of carbonyl (C=O) groups excluding carboxylic acids is 1. The van der Waals surface area contributed by atoms with Gasteiger partial charge in [-0.2, -0.15) is 0 Å². The molecular weight excluding hydrogens is 316 g/mol. The van der Waals surface area contributed by atoms with Crippen LogP contribution in [-0.4, -0.2) is 21.4 Å². The monoisotopic (exact) mass is 332 g/mol. The number of nitrogens with one attached hydrogen (secondary N) is 2. The average Bonchev–Trinajstić information content (AvgIpc) is 2.55. The molecule has 0 aliphatic rings. The second-order valence-corrected chi connectivity index (χ2v) is 6.21. The van der Waals surface area contributed by atoms with Gasteiger partial charge in [-0.25, -0.2) is 8.42 Å². The molecular formula is C16H16N2O4S. The lowest BCUT2D eigenvalue weighted by Crippen LogP contribution is -2.14. The van der Waals surface area contributed by atoms with Gasteiger partial charge >= 0.3 is 0 Å². The molecule has 0 aromatic heterocycles. The van der Waals surface area contributed by atoms with Crippen LogP contribution < -0.4 is 14.8 Å². The molecule has 0 atom stereocenters. The number of hydrogen-bond acceptors (Lipinski definition) is 4. The van der Waals surface area contributed by atoms with E-state index in [0.717, 1.165) is 6.08 Å². The summed E-state index contributed by atoms with van der Waals surface area (Å²) < 4.78 is 32.4. The molecule has 0 bridgehead atoms. The quantitative estimate of drug-likeness (QED) is 0.797. The van der Waals surface area contributed by atoms with Crippen molar-refractivity contribution in [2.24, 2.45) is 0 Å². The summed E-state index contributed by atoms with van der Waals surface area (Å²) in [6.45, 7) is 3.35. The van der Waals surface area contributed by atoms with Crippen LogP contribution in [0, 0.1) is 0 Å². The minimum atomic E-state index is -3.76. The third-order valence-corrected chi connectivity index (χ3v) is 4.35. The highest BCUT2D eigenvalue weighted by Gasteiger charge is 2.16. The lowest BCUT2D eigenvalue weighted by molar-refractivity contribution is -0.111. The SMILES string of the molecule is C=CC(=O)Nc1ccc(S(=O)(=O)Nc2ccccc2OC)cc1. The third kappa shape index (κ3) is 4.10. The Hall–Kier alpha value is -2.80. The van der Waals surface area contributed by atoms with E-state index in [2.05, 4.69) is 16.6 Å². The Labute approximate surface area is 134 Å². The molecule has 0 saturated carbocycles. The average molecular weight is 332 g/mol. The number of anilines is 2. The molecule has 0 saturated heterocycles. The zero-order valence-electron chi connectivity index (χ0n) is 12.4. The van der Waals surface area contributed by atoms with E-state index in [-0.39, 0.29) is 10.8 Å². The van der Waals surface area contributed by atoms with Gasteiger partial charge in [-0.05, 0) is 42.5 Å². The number of para-hydroxylation sites is 2. The van der Waals surface area contributed by atoms with Gasteiger partial charge in [-0.3, -0.25) is 9.52 Å². The molecule has 0 unspecified atom stereocenters. The standard InChI is InChI=1S/C16H16N2O4S/c1-3-16(19)17-12-8-10-13(11-9-12)23(20,21)18-14-6-4-5-7-15(14)22-2/h3-11,18H,1H2,2H3,(H,17,19). The first-order chi connectivity index (χ1) is 11.0.